The fourth-order valence-electron chi connectivity index (χ4n) is 4.45. The van der Waals surface area contributed by atoms with E-state index in [-0.39, 0.29) is 11.9 Å². The van der Waals surface area contributed by atoms with Crippen LogP contribution < -0.4 is 4.74 Å². The summed E-state index contributed by atoms with van der Waals surface area (Å²) < 4.78 is 6.07. The van der Waals surface area contributed by atoms with Crippen molar-refractivity contribution in [1.29, 1.82) is 0 Å². The Bertz CT molecular complexity index is 959. The van der Waals surface area contributed by atoms with E-state index in [1.54, 1.807) is 0 Å². The van der Waals surface area contributed by atoms with Crippen molar-refractivity contribution in [2.24, 2.45) is 0 Å². The van der Waals surface area contributed by atoms with Crippen LogP contribution in [0.4, 0.5) is 0 Å². The summed E-state index contributed by atoms with van der Waals surface area (Å²) in [5, 5.41) is 0. The van der Waals surface area contributed by atoms with Gasteiger partial charge in [0.05, 0.1) is 6.04 Å². The topological polar surface area (TPSA) is 32.8 Å². The fourth-order valence-corrected chi connectivity index (χ4v) is 4.45. The Balaban J connectivity index is 1.44. The summed E-state index contributed by atoms with van der Waals surface area (Å²) in [6.45, 7) is 7.13. The van der Waals surface area contributed by atoms with Crippen LogP contribution in [0.5, 0.6) is 5.75 Å². The Morgan fingerprint density at radius 2 is 1.44 bits per heavy atom. The number of carbonyl (C=O) groups excluding carboxylic acids is 1. The van der Waals surface area contributed by atoms with Crippen molar-refractivity contribution < 1.29 is 9.53 Å². The molecular formula is C28H32N2O2. The standard InChI is InChI=1S/C28H32N2O2/c1-3-26(32-25-16-10-11-22(2)21-25)28(31)30-19-17-29(18-20-30)27(23-12-6-4-7-13-23)24-14-8-5-9-15-24/h4-16,21,26-27H,3,17-20H2,1-2H3. The first-order valence-electron chi connectivity index (χ1n) is 11.5. The van der Waals surface area contributed by atoms with Crippen molar-refractivity contribution in [1.82, 2.24) is 9.80 Å². The highest BCUT2D eigenvalue weighted by molar-refractivity contribution is 5.81. The van der Waals surface area contributed by atoms with Gasteiger partial charge in [-0.15, -0.1) is 0 Å². The van der Waals surface area contributed by atoms with Gasteiger partial charge in [-0.25, -0.2) is 0 Å². The van der Waals surface area contributed by atoms with Crippen LogP contribution in [0.25, 0.3) is 0 Å². The average molecular weight is 429 g/mol. The third-order valence-electron chi connectivity index (χ3n) is 6.14. The Morgan fingerprint density at radius 1 is 0.844 bits per heavy atom. The molecule has 0 N–H and O–H groups in total. The maximum atomic E-state index is 13.2. The lowest BCUT2D eigenvalue weighted by Gasteiger charge is -2.40. The Hall–Kier alpha value is -3.11. The second-order valence-corrected chi connectivity index (χ2v) is 8.42. The van der Waals surface area contributed by atoms with E-state index in [1.165, 1.54) is 11.1 Å². The summed E-state index contributed by atoms with van der Waals surface area (Å²) in [6.07, 6.45) is 0.214. The van der Waals surface area contributed by atoms with E-state index in [1.807, 2.05) is 43.0 Å². The lowest BCUT2D eigenvalue weighted by atomic mass is 9.96. The molecule has 0 radical (unpaired) electrons. The molecule has 0 bridgehead atoms. The number of aryl methyl sites for hydroxylation is 1. The summed E-state index contributed by atoms with van der Waals surface area (Å²) in [4.78, 5) is 17.7. The number of nitrogens with zero attached hydrogens (tertiary/aromatic N) is 2. The van der Waals surface area contributed by atoms with Gasteiger partial charge in [0.1, 0.15) is 5.75 Å². The van der Waals surface area contributed by atoms with Crippen molar-refractivity contribution in [3.63, 3.8) is 0 Å². The van der Waals surface area contributed by atoms with Crippen LogP contribution in [0.2, 0.25) is 0 Å². The number of hydrogen-bond donors (Lipinski definition) is 0. The molecule has 3 aromatic rings. The lowest BCUT2D eigenvalue weighted by Crippen LogP contribution is -2.53. The smallest absolute Gasteiger partial charge is 0.263 e. The highest BCUT2D eigenvalue weighted by Gasteiger charge is 2.31. The average Bonchev–Trinajstić information content (AvgIpc) is 2.84. The molecule has 0 saturated carbocycles. The van der Waals surface area contributed by atoms with Crippen LogP contribution in [0.15, 0.2) is 84.9 Å². The first-order valence-corrected chi connectivity index (χ1v) is 11.5. The van der Waals surface area contributed by atoms with Crippen molar-refractivity contribution in [3.8, 4) is 5.75 Å². The van der Waals surface area contributed by atoms with Gasteiger partial charge in [-0.3, -0.25) is 9.69 Å². The maximum absolute atomic E-state index is 13.2. The Labute approximate surface area is 191 Å². The molecule has 4 heteroatoms. The number of carbonyl (C=O) groups is 1. The molecule has 1 fully saturated rings. The van der Waals surface area contributed by atoms with Crippen LogP contribution >= 0.6 is 0 Å². The molecule has 1 atom stereocenters. The number of piperazine rings is 1. The number of benzene rings is 3. The molecule has 4 rings (SSSR count). The molecule has 1 saturated heterocycles. The van der Waals surface area contributed by atoms with Gasteiger partial charge < -0.3 is 9.64 Å². The van der Waals surface area contributed by atoms with E-state index in [4.69, 9.17) is 4.74 Å². The zero-order valence-corrected chi connectivity index (χ0v) is 19.0. The van der Waals surface area contributed by atoms with Gasteiger partial charge >= 0.3 is 0 Å². The van der Waals surface area contributed by atoms with Gasteiger partial charge in [-0.1, -0.05) is 79.7 Å². The lowest BCUT2D eigenvalue weighted by molar-refractivity contribution is -0.140. The monoisotopic (exact) mass is 428 g/mol. The van der Waals surface area contributed by atoms with E-state index in [0.717, 1.165) is 24.4 Å². The Kier molecular flexibility index (Phi) is 7.23. The summed E-state index contributed by atoms with van der Waals surface area (Å²) >= 11 is 0. The number of amides is 1. The van der Waals surface area contributed by atoms with E-state index in [9.17, 15) is 4.79 Å². The number of ether oxygens (including phenoxy) is 1. The van der Waals surface area contributed by atoms with Gasteiger partial charge in [-0.05, 0) is 42.2 Å². The highest BCUT2D eigenvalue weighted by atomic mass is 16.5. The molecule has 1 unspecified atom stereocenters. The zero-order valence-electron chi connectivity index (χ0n) is 19.0. The molecule has 0 aliphatic carbocycles. The van der Waals surface area contributed by atoms with Crippen molar-refractivity contribution in [3.05, 3.63) is 102 Å². The molecular weight excluding hydrogens is 396 g/mol. The minimum atomic E-state index is -0.442. The molecule has 0 spiro atoms. The summed E-state index contributed by atoms with van der Waals surface area (Å²) in [5.41, 5.74) is 3.70. The van der Waals surface area contributed by atoms with E-state index in [2.05, 4.69) is 65.6 Å². The molecule has 1 amide bonds. The first-order chi connectivity index (χ1) is 15.7. The Morgan fingerprint density at radius 3 is 1.97 bits per heavy atom. The predicted octanol–water partition coefficient (Wildman–Crippen LogP) is 5.09. The van der Waals surface area contributed by atoms with Gasteiger partial charge in [0.2, 0.25) is 0 Å². The highest BCUT2D eigenvalue weighted by Crippen LogP contribution is 2.29. The molecule has 32 heavy (non-hydrogen) atoms. The van der Waals surface area contributed by atoms with Crippen LogP contribution in [0, 0.1) is 6.92 Å². The molecule has 1 heterocycles. The third kappa shape index (κ3) is 5.20. The summed E-state index contributed by atoms with van der Waals surface area (Å²) in [7, 11) is 0. The van der Waals surface area contributed by atoms with Gasteiger partial charge in [0.25, 0.3) is 5.91 Å². The van der Waals surface area contributed by atoms with Gasteiger partial charge in [-0.2, -0.15) is 0 Å². The third-order valence-corrected chi connectivity index (χ3v) is 6.14. The molecule has 3 aromatic carbocycles. The maximum Gasteiger partial charge on any atom is 0.263 e. The summed E-state index contributed by atoms with van der Waals surface area (Å²) in [5.74, 6) is 0.849. The fraction of sp³-hybridized carbons (Fsp3) is 0.321. The van der Waals surface area contributed by atoms with Crippen molar-refractivity contribution in [2.45, 2.75) is 32.4 Å². The first kappa shape index (κ1) is 22.1. The molecule has 1 aliphatic heterocycles. The van der Waals surface area contributed by atoms with Gasteiger partial charge in [0, 0.05) is 26.2 Å². The summed E-state index contributed by atoms with van der Waals surface area (Å²) in [6, 6.07) is 29.4. The quantitative estimate of drug-likeness (QED) is 0.526. The van der Waals surface area contributed by atoms with Gasteiger partial charge in [0.15, 0.2) is 6.10 Å². The molecule has 0 aromatic heterocycles. The number of hydrogen-bond acceptors (Lipinski definition) is 3. The normalized spacial score (nSPS) is 15.5. The second kappa shape index (κ2) is 10.5. The predicted molar refractivity (Wildman–Crippen MR) is 129 cm³/mol. The molecule has 166 valence electrons. The molecule has 4 nitrogen and oxygen atoms in total. The van der Waals surface area contributed by atoms with E-state index in [0.29, 0.717) is 19.5 Å². The van der Waals surface area contributed by atoms with Crippen LogP contribution in [0.3, 0.4) is 0 Å². The van der Waals surface area contributed by atoms with E-state index < -0.39 is 6.10 Å². The van der Waals surface area contributed by atoms with Crippen molar-refractivity contribution >= 4 is 5.91 Å². The van der Waals surface area contributed by atoms with Crippen molar-refractivity contribution in [2.75, 3.05) is 26.2 Å². The van der Waals surface area contributed by atoms with Crippen LogP contribution in [0.1, 0.15) is 36.1 Å². The molecule has 1 aliphatic rings. The zero-order chi connectivity index (χ0) is 22.3. The second-order valence-electron chi connectivity index (χ2n) is 8.42. The van der Waals surface area contributed by atoms with Crippen LogP contribution in [-0.4, -0.2) is 48.0 Å². The largest absolute Gasteiger partial charge is 0.481 e. The van der Waals surface area contributed by atoms with Crippen LogP contribution in [-0.2, 0) is 4.79 Å². The number of rotatable bonds is 7. The minimum absolute atomic E-state index is 0.0876. The minimum Gasteiger partial charge on any atom is -0.481 e. The van der Waals surface area contributed by atoms with E-state index >= 15 is 0 Å². The SMILES string of the molecule is CCC(Oc1cccc(C)c1)C(=O)N1CCN(C(c2ccccc2)c2ccccc2)CC1.